The van der Waals surface area contributed by atoms with Crippen LogP contribution in [-0.4, -0.2) is 90.2 Å². The lowest BCUT2D eigenvalue weighted by Gasteiger charge is -2.31. The van der Waals surface area contributed by atoms with Crippen molar-refractivity contribution < 1.29 is 34.2 Å². The summed E-state index contributed by atoms with van der Waals surface area (Å²) in [6.45, 7) is -1.38. The predicted molar refractivity (Wildman–Crippen MR) is 165 cm³/mol. The average molecular weight is 637 g/mol. The summed E-state index contributed by atoms with van der Waals surface area (Å²) in [6, 6.07) is 6.47. The zero-order valence-electron chi connectivity index (χ0n) is 29.5. The number of nitrogens with zero attached hydrogens (tertiary/aromatic N) is 6. The van der Waals surface area contributed by atoms with E-state index in [1.54, 1.807) is 9.80 Å². The normalized spacial score (nSPS) is 29.5. The van der Waals surface area contributed by atoms with E-state index < -0.39 is 55.3 Å². The van der Waals surface area contributed by atoms with E-state index in [0.29, 0.717) is 24.8 Å². The Morgan fingerprint density at radius 2 is 2.17 bits per heavy atom. The first-order chi connectivity index (χ1) is 24.2. The van der Waals surface area contributed by atoms with Crippen molar-refractivity contribution in [3.05, 3.63) is 41.8 Å². The number of nitriles is 1. The van der Waals surface area contributed by atoms with E-state index >= 15 is 8.78 Å². The molecule has 13 heteroatoms. The Bertz CT molecular complexity index is 2120. The van der Waals surface area contributed by atoms with Gasteiger partial charge < -0.3 is 24.8 Å². The van der Waals surface area contributed by atoms with Gasteiger partial charge >= 0.3 is 6.01 Å². The number of nitrogens with two attached hydrogens (primary N) is 1. The molecule has 3 aliphatic heterocycles. The maximum atomic E-state index is 17.1. The number of nitrogen functional groups attached to an aromatic ring is 1. The van der Waals surface area contributed by atoms with Gasteiger partial charge in [-0.15, -0.1) is 0 Å². The van der Waals surface area contributed by atoms with Gasteiger partial charge in [-0.25, -0.2) is 13.2 Å². The van der Waals surface area contributed by atoms with Crippen LogP contribution in [0.4, 0.5) is 24.7 Å². The molecule has 5 heterocycles. The second-order valence-corrected chi connectivity index (χ2v) is 12.3. The summed E-state index contributed by atoms with van der Waals surface area (Å²) in [5.74, 6) is -1.76. The third-order valence-corrected chi connectivity index (χ3v) is 9.60. The zero-order valence-corrected chi connectivity index (χ0v) is 24.5. The van der Waals surface area contributed by atoms with Gasteiger partial charge in [-0.2, -0.15) is 15.2 Å². The molecule has 5 atom stereocenters. The lowest BCUT2D eigenvalue weighted by Crippen LogP contribution is -2.43. The number of hydrogen-bond acceptors (Lipinski definition) is 10. The van der Waals surface area contributed by atoms with E-state index in [0.717, 1.165) is 0 Å². The van der Waals surface area contributed by atoms with Crippen LogP contribution in [0.3, 0.4) is 0 Å². The number of anilines is 2. The van der Waals surface area contributed by atoms with E-state index in [2.05, 4.69) is 15.0 Å². The first-order valence-electron chi connectivity index (χ1n) is 17.6. The van der Waals surface area contributed by atoms with Gasteiger partial charge in [0.05, 0.1) is 49.6 Å². The van der Waals surface area contributed by atoms with Gasteiger partial charge in [-0.3, -0.25) is 9.88 Å². The minimum atomic E-state index is -2.97. The maximum Gasteiger partial charge on any atom is 0.319 e. The van der Waals surface area contributed by atoms with E-state index in [-0.39, 0.29) is 83.1 Å². The molecule has 1 aliphatic carbocycles. The molecule has 0 bridgehead atoms. The van der Waals surface area contributed by atoms with Crippen molar-refractivity contribution in [2.75, 3.05) is 57.1 Å². The number of ether oxygens (including phenoxy) is 3. The summed E-state index contributed by atoms with van der Waals surface area (Å²) in [5, 5.41) is 10.3. The number of methoxy groups -OCH3 is 1. The second-order valence-electron chi connectivity index (χ2n) is 12.3. The fourth-order valence-electron chi connectivity index (χ4n) is 7.40. The molecule has 10 nitrogen and oxygen atoms in total. The first-order valence-corrected chi connectivity index (χ1v) is 15.1. The molecule has 46 heavy (non-hydrogen) atoms. The van der Waals surface area contributed by atoms with Crippen LogP contribution in [0.1, 0.15) is 31.7 Å². The third kappa shape index (κ3) is 4.49. The van der Waals surface area contributed by atoms with Gasteiger partial charge in [-0.1, -0.05) is 6.07 Å². The molecule has 0 spiro atoms. The molecule has 4 aliphatic rings. The van der Waals surface area contributed by atoms with Crippen molar-refractivity contribution in [3.8, 4) is 29.1 Å². The molecule has 0 amide bonds. The summed E-state index contributed by atoms with van der Waals surface area (Å²) in [7, 11) is -2.97. The SMILES string of the molecule is [2H]C([2H])([2H])Oc1c(C#N)ccc2cc(N)cc(-c3ncc4c(N5CCOC[C@H]6[C@H](F)[C@H]65)nc(OC([2H])([2H])[C@@]56CCCN5C[C@H](F)C6)nc4c3F)c12. The van der Waals surface area contributed by atoms with Crippen molar-refractivity contribution in [3.63, 3.8) is 0 Å². The van der Waals surface area contributed by atoms with E-state index in [1.165, 1.54) is 30.5 Å². The van der Waals surface area contributed by atoms with Gasteiger partial charge in [0.2, 0.25) is 0 Å². The van der Waals surface area contributed by atoms with Crippen molar-refractivity contribution in [2.24, 2.45) is 5.92 Å². The second kappa shape index (κ2) is 10.8. The highest BCUT2D eigenvalue weighted by molar-refractivity contribution is 6.05. The molecule has 2 N–H and O–H groups in total. The zero-order chi connectivity index (χ0) is 36.0. The predicted octanol–water partition coefficient (Wildman–Crippen LogP) is 4.57. The minimum Gasteiger partial charge on any atom is -0.495 e. The Balaban J connectivity index is 1.33. The summed E-state index contributed by atoms with van der Waals surface area (Å²) in [4.78, 5) is 16.6. The van der Waals surface area contributed by atoms with Gasteiger partial charge in [0.25, 0.3) is 0 Å². The van der Waals surface area contributed by atoms with E-state index in [9.17, 15) is 9.65 Å². The van der Waals surface area contributed by atoms with Crippen LogP contribution in [-0.2, 0) is 4.74 Å². The number of alkyl halides is 2. The highest BCUT2D eigenvalue weighted by Crippen LogP contribution is 2.46. The number of rotatable bonds is 6. The van der Waals surface area contributed by atoms with Crippen LogP contribution in [0.15, 0.2) is 30.5 Å². The van der Waals surface area contributed by atoms with Crippen LogP contribution in [0.5, 0.6) is 11.8 Å². The summed E-state index contributed by atoms with van der Waals surface area (Å²) in [5.41, 5.74) is 4.26. The highest BCUT2D eigenvalue weighted by Gasteiger charge is 2.56. The van der Waals surface area contributed by atoms with E-state index in [4.69, 9.17) is 26.8 Å². The van der Waals surface area contributed by atoms with Crippen molar-refractivity contribution in [1.82, 2.24) is 19.9 Å². The average Bonchev–Trinajstić information content (AvgIpc) is 3.42. The number of hydrogen-bond donors (Lipinski definition) is 1. The molecule has 3 saturated heterocycles. The number of pyridine rings is 1. The summed E-state index contributed by atoms with van der Waals surface area (Å²) >= 11 is 0. The van der Waals surface area contributed by atoms with Crippen molar-refractivity contribution in [1.29, 1.82) is 5.26 Å². The van der Waals surface area contributed by atoms with Crippen LogP contribution in [0.2, 0.25) is 0 Å². The molecular weight excluding hydrogens is 599 g/mol. The molecular formula is C33H32F3N7O3. The van der Waals surface area contributed by atoms with Crippen LogP contribution in [0.25, 0.3) is 32.9 Å². The topological polar surface area (TPSA) is 123 Å². The third-order valence-electron chi connectivity index (χ3n) is 9.60. The van der Waals surface area contributed by atoms with Gasteiger partial charge in [0, 0.05) is 48.3 Å². The molecule has 2 aromatic heterocycles. The Kier molecular flexibility index (Phi) is 5.63. The fraction of sp³-hybridized carbons (Fsp3) is 0.455. The lowest BCUT2D eigenvalue weighted by atomic mass is 9.95. The van der Waals surface area contributed by atoms with Gasteiger partial charge in [-0.05, 0) is 43.0 Å². The molecule has 4 fully saturated rings. The Morgan fingerprint density at radius 3 is 3.02 bits per heavy atom. The quantitative estimate of drug-likeness (QED) is 0.301. The smallest absolute Gasteiger partial charge is 0.319 e. The van der Waals surface area contributed by atoms with Crippen LogP contribution in [0, 0.1) is 23.1 Å². The molecule has 0 unspecified atom stereocenters. The highest BCUT2D eigenvalue weighted by atomic mass is 19.1. The first kappa shape index (κ1) is 23.9. The number of halogens is 3. The molecule has 1 saturated carbocycles. The standard InChI is InChI=1S/C33H32F3N7O3/c1-44-30-18(12-37)4-3-17-9-20(38)10-21(24(17)30)27-26(36)28-22(13-39-27)31(43-7-8-45-15-23-25(35)29(23)43)41-32(40-28)46-16-33-5-2-6-42(33)14-19(34)11-33/h3-4,9-10,13,19,23,25,29H,2,5-8,11,14-16,38H2,1H3/t19-,23+,25+,29+,33+/m1/s1/i1D3,16D2. The molecule has 2 aromatic carbocycles. The molecule has 0 radical (unpaired) electrons. The van der Waals surface area contributed by atoms with Gasteiger partial charge in [0.15, 0.2) is 5.82 Å². The Hall–Kier alpha value is -4.41. The largest absolute Gasteiger partial charge is 0.495 e. The molecule has 238 valence electrons. The fourth-order valence-corrected chi connectivity index (χ4v) is 7.40. The van der Waals surface area contributed by atoms with Gasteiger partial charge in [0.1, 0.15) is 47.7 Å². The summed E-state index contributed by atoms with van der Waals surface area (Å²) < 4.78 is 105. The maximum absolute atomic E-state index is 17.1. The van der Waals surface area contributed by atoms with Crippen molar-refractivity contribution >= 4 is 33.2 Å². The minimum absolute atomic E-state index is 0.00612. The lowest BCUT2D eigenvalue weighted by molar-refractivity contribution is 0.107. The number of aromatic nitrogens is 3. The van der Waals surface area contributed by atoms with Crippen molar-refractivity contribution in [2.45, 2.75) is 43.2 Å². The molecule has 4 aromatic rings. The molecule has 8 rings (SSSR count). The van der Waals surface area contributed by atoms with Crippen LogP contribution >= 0.6 is 0 Å². The number of fused-ring (bicyclic) bond motifs is 4. The van der Waals surface area contributed by atoms with E-state index in [1.807, 2.05) is 6.07 Å². The summed E-state index contributed by atoms with van der Waals surface area (Å²) in [6.07, 6.45) is -0.372. The Labute approximate surface area is 269 Å². The van der Waals surface area contributed by atoms with Crippen LogP contribution < -0.4 is 20.1 Å². The number of benzene rings is 2. The Morgan fingerprint density at radius 1 is 1.28 bits per heavy atom. The monoisotopic (exact) mass is 636 g/mol.